The van der Waals surface area contributed by atoms with Crippen LogP contribution in [-0.2, 0) is 0 Å². The molecule has 0 spiro atoms. The van der Waals surface area contributed by atoms with Crippen molar-refractivity contribution in [2.45, 2.75) is 43.1 Å². The van der Waals surface area contributed by atoms with Gasteiger partial charge in [-0.25, -0.2) is 0 Å². The molecule has 2 aliphatic carbocycles. The molecule has 62 valence electrons. The molecular weight excluding hydrogens is 158 g/mol. The lowest BCUT2D eigenvalue weighted by atomic mass is 9.64. The largest absolute Gasteiger partial charge is 0.296 e. The maximum atomic E-state index is 6.42. The molecule has 4 bridgehead atoms. The zero-order valence-corrected chi connectivity index (χ0v) is 7.40. The lowest BCUT2D eigenvalue weighted by Gasteiger charge is -2.54. The highest BCUT2D eigenvalue weighted by Gasteiger charge is 2.49. The first-order valence-electron chi connectivity index (χ1n) is 4.70. The molecule has 0 unspecified atom stereocenters. The summed E-state index contributed by atoms with van der Waals surface area (Å²) in [6, 6.07) is 0.763. The minimum absolute atomic E-state index is 0.0226. The Labute approximate surface area is 72.5 Å². The van der Waals surface area contributed by atoms with Gasteiger partial charge in [0, 0.05) is 6.04 Å². The molecule has 0 radical (unpaired) electrons. The number of rotatable bonds is 0. The number of hydrogen-bond donors (Lipinski definition) is 1. The fourth-order valence-corrected chi connectivity index (χ4v) is 4.09. The van der Waals surface area contributed by atoms with Gasteiger partial charge in [-0.3, -0.25) is 5.32 Å². The van der Waals surface area contributed by atoms with Crippen LogP contribution in [0.3, 0.4) is 0 Å². The van der Waals surface area contributed by atoms with Crippen molar-refractivity contribution in [3.63, 3.8) is 0 Å². The normalized spacial score (nSPS) is 60.3. The summed E-state index contributed by atoms with van der Waals surface area (Å²) < 4.78 is 0. The molecule has 0 amide bonds. The quantitative estimate of drug-likeness (QED) is 0.435. The van der Waals surface area contributed by atoms with Crippen LogP contribution < -0.4 is 5.32 Å². The van der Waals surface area contributed by atoms with Crippen LogP contribution in [0.1, 0.15) is 32.1 Å². The van der Waals surface area contributed by atoms with Crippen molar-refractivity contribution >= 4 is 11.6 Å². The Hall–Kier alpha value is 0.250. The minimum atomic E-state index is 0.0226. The van der Waals surface area contributed by atoms with Crippen LogP contribution in [0.5, 0.6) is 0 Å². The highest BCUT2D eigenvalue weighted by Crippen LogP contribution is 2.50. The molecule has 2 heteroatoms. The van der Waals surface area contributed by atoms with E-state index in [1.165, 1.54) is 32.1 Å². The van der Waals surface area contributed by atoms with E-state index in [1.54, 1.807) is 0 Å². The smallest absolute Gasteiger partial charge is 0.0943 e. The topological polar surface area (TPSA) is 12.0 Å². The Bertz CT molecular complexity index is 155. The SMILES string of the molecule is Cl[C@]12C[C@@H]3C[C@@H](C[C@H](C3)N1)C2. The van der Waals surface area contributed by atoms with Crippen molar-refractivity contribution in [2.75, 3.05) is 0 Å². The van der Waals surface area contributed by atoms with Crippen LogP contribution in [0.4, 0.5) is 0 Å². The van der Waals surface area contributed by atoms with Gasteiger partial charge in [0.2, 0.25) is 0 Å². The summed E-state index contributed by atoms with van der Waals surface area (Å²) in [4.78, 5) is 0.0226. The average molecular weight is 172 g/mol. The van der Waals surface area contributed by atoms with Gasteiger partial charge in [-0.15, -0.1) is 11.6 Å². The maximum Gasteiger partial charge on any atom is 0.0943 e. The second kappa shape index (κ2) is 1.94. The fourth-order valence-electron chi connectivity index (χ4n) is 3.50. The van der Waals surface area contributed by atoms with E-state index in [2.05, 4.69) is 5.32 Å². The number of halogens is 1. The minimum Gasteiger partial charge on any atom is -0.296 e. The van der Waals surface area contributed by atoms with E-state index >= 15 is 0 Å². The zero-order chi connectivity index (χ0) is 7.47. The first-order chi connectivity index (χ1) is 5.23. The summed E-state index contributed by atoms with van der Waals surface area (Å²) in [6.45, 7) is 0. The Morgan fingerprint density at radius 2 is 1.73 bits per heavy atom. The van der Waals surface area contributed by atoms with Crippen molar-refractivity contribution in [1.29, 1.82) is 0 Å². The van der Waals surface area contributed by atoms with Gasteiger partial charge in [-0.1, -0.05) is 0 Å². The number of nitrogens with one attached hydrogen (secondary N) is 1. The van der Waals surface area contributed by atoms with Crippen LogP contribution in [0.2, 0.25) is 0 Å². The average Bonchev–Trinajstić information content (AvgIpc) is 1.79. The molecule has 1 nitrogen and oxygen atoms in total. The lowest BCUT2D eigenvalue weighted by Crippen LogP contribution is -2.61. The van der Waals surface area contributed by atoms with Gasteiger partial charge < -0.3 is 0 Å². The lowest BCUT2D eigenvalue weighted by molar-refractivity contribution is 0.0402. The van der Waals surface area contributed by atoms with Gasteiger partial charge in [0.1, 0.15) is 0 Å². The summed E-state index contributed by atoms with van der Waals surface area (Å²) in [5, 5.41) is 3.56. The predicted octanol–water partition coefficient (Wildman–Crippen LogP) is 2.10. The molecule has 4 atom stereocenters. The van der Waals surface area contributed by atoms with Crippen LogP contribution in [0, 0.1) is 11.8 Å². The van der Waals surface area contributed by atoms with Crippen molar-refractivity contribution in [2.24, 2.45) is 11.8 Å². The molecule has 1 N–H and O–H groups in total. The van der Waals surface area contributed by atoms with Crippen molar-refractivity contribution < 1.29 is 0 Å². The Balaban J connectivity index is 1.94. The van der Waals surface area contributed by atoms with E-state index < -0.39 is 0 Å². The third-order valence-electron chi connectivity index (χ3n) is 3.59. The van der Waals surface area contributed by atoms with Crippen molar-refractivity contribution in [3.05, 3.63) is 0 Å². The molecular formula is C9H14ClN. The van der Waals surface area contributed by atoms with Gasteiger partial charge in [0.15, 0.2) is 0 Å². The summed E-state index contributed by atoms with van der Waals surface area (Å²) in [5.41, 5.74) is 0. The molecule has 4 aliphatic rings. The second-order valence-electron chi connectivity index (χ2n) is 4.65. The molecule has 4 rings (SSSR count). The fraction of sp³-hybridized carbons (Fsp3) is 1.00. The number of piperidine rings is 2. The highest BCUT2D eigenvalue weighted by molar-refractivity contribution is 6.23. The second-order valence-corrected chi connectivity index (χ2v) is 5.38. The molecule has 2 aliphatic heterocycles. The first kappa shape index (κ1) is 6.73. The standard InChI is InChI=1S/C9H14ClN/c10-9-4-6-1-7(5-9)3-8(2-6)11-9/h6-8,11H,1-5H2/t6-,7+,8+,9-. The summed E-state index contributed by atoms with van der Waals surface area (Å²) in [6.07, 6.45) is 6.70. The molecule has 2 heterocycles. The number of hydrogen-bond acceptors (Lipinski definition) is 1. The number of alkyl halides is 1. The molecule has 0 aromatic heterocycles. The van der Waals surface area contributed by atoms with Crippen LogP contribution >= 0.6 is 11.6 Å². The third-order valence-corrected chi connectivity index (χ3v) is 4.01. The predicted molar refractivity (Wildman–Crippen MR) is 45.6 cm³/mol. The highest BCUT2D eigenvalue weighted by atomic mass is 35.5. The molecule has 2 saturated carbocycles. The van der Waals surface area contributed by atoms with Gasteiger partial charge >= 0.3 is 0 Å². The van der Waals surface area contributed by atoms with E-state index in [0.717, 1.165) is 17.9 Å². The van der Waals surface area contributed by atoms with Gasteiger partial charge in [-0.05, 0) is 43.9 Å². The van der Waals surface area contributed by atoms with E-state index in [9.17, 15) is 0 Å². The summed E-state index contributed by atoms with van der Waals surface area (Å²) in [5.74, 6) is 1.90. The third kappa shape index (κ3) is 0.940. The van der Waals surface area contributed by atoms with Crippen molar-refractivity contribution in [1.82, 2.24) is 5.32 Å². The monoisotopic (exact) mass is 171 g/mol. The molecule has 0 aromatic carbocycles. The van der Waals surface area contributed by atoms with Gasteiger partial charge in [-0.2, -0.15) is 0 Å². The van der Waals surface area contributed by atoms with Gasteiger partial charge in [0.05, 0.1) is 5.00 Å². The Morgan fingerprint density at radius 3 is 2.18 bits per heavy atom. The van der Waals surface area contributed by atoms with E-state index in [4.69, 9.17) is 11.6 Å². The van der Waals surface area contributed by atoms with Crippen LogP contribution in [0.15, 0.2) is 0 Å². The summed E-state index contributed by atoms with van der Waals surface area (Å²) >= 11 is 6.42. The first-order valence-corrected chi connectivity index (χ1v) is 5.08. The van der Waals surface area contributed by atoms with Crippen LogP contribution in [-0.4, -0.2) is 11.0 Å². The van der Waals surface area contributed by atoms with Gasteiger partial charge in [0.25, 0.3) is 0 Å². The molecule has 0 aromatic rings. The van der Waals surface area contributed by atoms with Crippen molar-refractivity contribution in [3.8, 4) is 0 Å². The molecule has 4 fully saturated rings. The molecule has 2 saturated heterocycles. The van der Waals surface area contributed by atoms with Crippen LogP contribution in [0.25, 0.3) is 0 Å². The Kier molecular flexibility index (Phi) is 1.19. The Morgan fingerprint density at radius 1 is 1.09 bits per heavy atom. The van der Waals surface area contributed by atoms with E-state index in [1.807, 2.05) is 0 Å². The van der Waals surface area contributed by atoms with E-state index in [-0.39, 0.29) is 5.00 Å². The molecule has 11 heavy (non-hydrogen) atoms. The zero-order valence-electron chi connectivity index (χ0n) is 6.65. The van der Waals surface area contributed by atoms with E-state index in [0.29, 0.717) is 0 Å². The maximum absolute atomic E-state index is 6.42. The summed E-state index contributed by atoms with van der Waals surface area (Å²) in [7, 11) is 0.